The van der Waals surface area contributed by atoms with E-state index in [2.05, 4.69) is 5.32 Å². The maximum atomic E-state index is 11.3. The molecule has 2 N–H and O–H groups in total. The Morgan fingerprint density at radius 1 is 1.47 bits per heavy atom. The van der Waals surface area contributed by atoms with Crippen molar-refractivity contribution < 1.29 is 14.7 Å². The van der Waals surface area contributed by atoms with E-state index in [1.165, 1.54) is 31.2 Å². The lowest BCUT2D eigenvalue weighted by atomic mass is 9.83. The standard InChI is InChI=1S/C10H18N2O3/c1-12(7-9(13)14)10(15)11-6-5-8-3-2-4-8/h8H,2-7H2,1H3,(H,11,15)(H,13,14). The first-order chi connectivity index (χ1) is 7.09. The van der Waals surface area contributed by atoms with Crippen LogP contribution in [0.15, 0.2) is 0 Å². The van der Waals surface area contributed by atoms with Gasteiger partial charge in [0.1, 0.15) is 6.54 Å². The van der Waals surface area contributed by atoms with Gasteiger partial charge >= 0.3 is 12.0 Å². The minimum absolute atomic E-state index is 0.255. The van der Waals surface area contributed by atoms with Crippen LogP contribution in [0.25, 0.3) is 0 Å². The summed E-state index contributed by atoms with van der Waals surface area (Å²) in [5.41, 5.74) is 0. The molecule has 0 saturated heterocycles. The number of nitrogens with zero attached hydrogens (tertiary/aromatic N) is 1. The minimum Gasteiger partial charge on any atom is -0.480 e. The number of aliphatic carboxylic acids is 1. The summed E-state index contributed by atoms with van der Waals surface area (Å²) in [5, 5.41) is 11.2. The molecular formula is C10H18N2O3. The third kappa shape index (κ3) is 4.18. The van der Waals surface area contributed by atoms with E-state index in [0.29, 0.717) is 6.54 Å². The van der Waals surface area contributed by atoms with Gasteiger partial charge in [-0.3, -0.25) is 4.79 Å². The molecule has 0 bridgehead atoms. The smallest absolute Gasteiger partial charge is 0.323 e. The quantitative estimate of drug-likeness (QED) is 0.714. The van der Waals surface area contributed by atoms with Gasteiger partial charge in [0.25, 0.3) is 0 Å². The van der Waals surface area contributed by atoms with Gasteiger partial charge < -0.3 is 15.3 Å². The SMILES string of the molecule is CN(CC(=O)O)C(=O)NCCC1CCC1. The van der Waals surface area contributed by atoms with Gasteiger partial charge in [-0.25, -0.2) is 4.79 Å². The Balaban J connectivity index is 2.08. The van der Waals surface area contributed by atoms with E-state index in [4.69, 9.17) is 5.11 Å². The molecule has 0 radical (unpaired) electrons. The Morgan fingerprint density at radius 3 is 2.60 bits per heavy atom. The maximum Gasteiger partial charge on any atom is 0.323 e. The summed E-state index contributed by atoms with van der Waals surface area (Å²) in [4.78, 5) is 22.8. The fraction of sp³-hybridized carbons (Fsp3) is 0.800. The molecule has 0 aromatic carbocycles. The van der Waals surface area contributed by atoms with E-state index in [1.807, 2.05) is 0 Å². The molecule has 5 nitrogen and oxygen atoms in total. The van der Waals surface area contributed by atoms with Gasteiger partial charge in [0.2, 0.25) is 0 Å². The number of carbonyl (C=O) groups is 2. The van der Waals surface area contributed by atoms with Gasteiger partial charge in [0, 0.05) is 13.6 Å². The van der Waals surface area contributed by atoms with Crippen molar-refractivity contribution >= 4 is 12.0 Å². The number of carboxylic acid groups (broad SMARTS) is 1. The molecule has 1 rings (SSSR count). The van der Waals surface area contributed by atoms with Gasteiger partial charge in [-0.1, -0.05) is 19.3 Å². The molecule has 1 saturated carbocycles. The molecule has 0 heterocycles. The number of rotatable bonds is 5. The number of likely N-dealkylation sites (N-methyl/N-ethyl adjacent to an activating group) is 1. The van der Waals surface area contributed by atoms with Crippen LogP contribution >= 0.6 is 0 Å². The second-order valence-corrected chi connectivity index (χ2v) is 4.07. The molecular weight excluding hydrogens is 196 g/mol. The van der Waals surface area contributed by atoms with Crippen LogP contribution < -0.4 is 5.32 Å². The minimum atomic E-state index is -0.994. The fourth-order valence-corrected chi connectivity index (χ4v) is 1.57. The van der Waals surface area contributed by atoms with Crippen molar-refractivity contribution in [2.45, 2.75) is 25.7 Å². The number of carbonyl (C=O) groups excluding carboxylic acids is 1. The van der Waals surface area contributed by atoms with E-state index in [0.717, 1.165) is 12.3 Å². The molecule has 0 unspecified atom stereocenters. The molecule has 1 fully saturated rings. The molecule has 5 heteroatoms. The zero-order valence-electron chi connectivity index (χ0n) is 9.03. The fourth-order valence-electron chi connectivity index (χ4n) is 1.57. The molecule has 1 aliphatic rings. The molecule has 0 spiro atoms. The second-order valence-electron chi connectivity index (χ2n) is 4.07. The molecule has 86 valence electrons. The van der Waals surface area contributed by atoms with Crippen molar-refractivity contribution in [2.75, 3.05) is 20.1 Å². The molecule has 0 atom stereocenters. The van der Waals surface area contributed by atoms with Crippen LogP contribution in [0.4, 0.5) is 4.79 Å². The second kappa shape index (κ2) is 5.58. The number of hydrogen-bond donors (Lipinski definition) is 2. The average Bonchev–Trinajstić information content (AvgIpc) is 2.07. The van der Waals surface area contributed by atoms with E-state index < -0.39 is 5.97 Å². The van der Waals surface area contributed by atoms with Gasteiger partial charge in [-0.05, 0) is 12.3 Å². The first-order valence-electron chi connectivity index (χ1n) is 5.30. The van der Waals surface area contributed by atoms with Crippen molar-refractivity contribution in [3.8, 4) is 0 Å². The van der Waals surface area contributed by atoms with Crippen LogP contribution in [0.3, 0.4) is 0 Å². The molecule has 0 aromatic heterocycles. The van der Waals surface area contributed by atoms with Crippen LogP contribution in [0.1, 0.15) is 25.7 Å². The summed E-state index contributed by atoms with van der Waals surface area (Å²) in [6.45, 7) is 0.392. The van der Waals surface area contributed by atoms with Crippen molar-refractivity contribution in [3.63, 3.8) is 0 Å². The Bertz CT molecular complexity index is 239. The summed E-state index contributed by atoms with van der Waals surface area (Å²) in [5.74, 6) is -0.235. The lowest BCUT2D eigenvalue weighted by Crippen LogP contribution is -2.40. The van der Waals surface area contributed by atoms with Crippen LogP contribution in [-0.4, -0.2) is 42.1 Å². The molecule has 0 aromatic rings. The molecule has 15 heavy (non-hydrogen) atoms. The maximum absolute atomic E-state index is 11.3. The third-order valence-electron chi connectivity index (χ3n) is 2.77. The molecule has 1 aliphatic carbocycles. The highest BCUT2D eigenvalue weighted by Gasteiger charge is 2.17. The lowest BCUT2D eigenvalue weighted by Gasteiger charge is -2.25. The van der Waals surface area contributed by atoms with Crippen molar-refractivity contribution in [3.05, 3.63) is 0 Å². The van der Waals surface area contributed by atoms with E-state index >= 15 is 0 Å². The van der Waals surface area contributed by atoms with E-state index in [-0.39, 0.29) is 12.6 Å². The summed E-state index contributed by atoms with van der Waals surface area (Å²) < 4.78 is 0. The number of hydrogen-bond acceptors (Lipinski definition) is 2. The van der Waals surface area contributed by atoms with Gasteiger partial charge in [0.15, 0.2) is 0 Å². The lowest BCUT2D eigenvalue weighted by molar-refractivity contribution is -0.137. The first kappa shape index (κ1) is 11.8. The van der Waals surface area contributed by atoms with Crippen molar-refractivity contribution in [1.29, 1.82) is 0 Å². The van der Waals surface area contributed by atoms with Gasteiger partial charge in [-0.15, -0.1) is 0 Å². The highest BCUT2D eigenvalue weighted by molar-refractivity contribution is 5.79. The topological polar surface area (TPSA) is 69.6 Å². The molecule has 2 amide bonds. The number of carboxylic acids is 1. The Labute approximate surface area is 89.4 Å². The van der Waals surface area contributed by atoms with Crippen LogP contribution in [0.5, 0.6) is 0 Å². The third-order valence-corrected chi connectivity index (χ3v) is 2.77. The monoisotopic (exact) mass is 214 g/mol. The number of amides is 2. The highest BCUT2D eigenvalue weighted by atomic mass is 16.4. The summed E-state index contributed by atoms with van der Waals surface area (Å²) in [6.07, 6.45) is 4.84. The van der Waals surface area contributed by atoms with Crippen LogP contribution in [0.2, 0.25) is 0 Å². The van der Waals surface area contributed by atoms with Crippen molar-refractivity contribution in [2.24, 2.45) is 5.92 Å². The van der Waals surface area contributed by atoms with E-state index in [9.17, 15) is 9.59 Å². The van der Waals surface area contributed by atoms with E-state index in [1.54, 1.807) is 0 Å². The Kier molecular flexibility index (Phi) is 4.39. The Hall–Kier alpha value is -1.26. The summed E-state index contributed by atoms with van der Waals surface area (Å²) in [6, 6.07) is -0.309. The normalized spacial score (nSPS) is 15.5. The predicted octanol–water partition coefficient (Wildman–Crippen LogP) is 0.903. The highest BCUT2D eigenvalue weighted by Crippen LogP contribution is 2.28. The van der Waals surface area contributed by atoms with Crippen molar-refractivity contribution in [1.82, 2.24) is 10.2 Å². The average molecular weight is 214 g/mol. The largest absolute Gasteiger partial charge is 0.480 e. The zero-order chi connectivity index (χ0) is 11.3. The zero-order valence-corrected chi connectivity index (χ0v) is 9.03. The summed E-state index contributed by atoms with van der Waals surface area (Å²) in [7, 11) is 1.48. The Morgan fingerprint density at radius 2 is 2.13 bits per heavy atom. The first-order valence-corrected chi connectivity index (χ1v) is 5.30. The van der Waals surface area contributed by atoms with Crippen LogP contribution in [-0.2, 0) is 4.79 Å². The molecule has 0 aliphatic heterocycles. The number of nitrogens with one attached hydrogen (secondary N) is 1. The van der Waals surface area contributed by atoms with Gasteiger partial charge in [0.05, 0.1) is 0 Å². The summed E-state index contributed by atoms with van der Waals surface area (Å²) >= 11 is 0. The number of urea groups is 1. The van der Waals surface area contributed by atoms with Crippen LogP contribution in [0, 0.1) is 5.92 Å². The van der Waals surface area contributed by atoms with Gasteiger partial charge in [-0.2, -0.15) is 0 Å². The predicted molar refractivity (Wildman–Crippen MR) is 55.6 cm³/mol.